The van der Waals surface area contributed by atoms with Crippen LogP contribution in [0.1, 0.15) is 11.5 Å². The Balaban J connectivity index is 1.62. The van der Waals surface area contributed by atoms with Crippen LogP contribution < -0.4 is 4.74 Å². The van der Waals surface area contributed by atoms with Gasteiger partial charge in [-0.15, -0.1) is 0 Å². The molecule has 24 heavy (non-hydrogen) atoms. The van der Waals surface area contributed by atoms with E-state index < -0.39 is 5.82 Å². The normalized spacial score (nSPS) is 11.1. The SMILES string of the molecule is COc1ccc(-c2noc(Cc3c[nH]c4ccccc34)n2)cc1F. The van der Waals surface area contributed by atoms with Gasteiger partial charge in [0.2, 0.25) is 11.7 Å². The molecule has 0 aliphatic heterocycles. The number of benzene rings is 2. The number of hydrogen-bond donors (Lipinski definition) is 1. The molecule has 0 aliphatic carbocycles. The maximum atomic E-state index is 13.8. The number of methoxy groups -OCH3 is 1. The fourth-order valence-electron chi connectivity index (χ4n) is 2.69. The molecule has 0 amide bonds. The fraction of sp³-hybridized carbons (Fsp3) is 0.111. The average molecular weight is 323 g/mol. The molecule has 2 heterocycles. The number of nitrogens with one attached hydrogen (secondary N) is 1. The lowest BCUT2D eigenvalue weighted by atomic mass is 10.1. The number of para-hydroxylation sites is 1. The summed E-state index contributed by atoms with van der Waals surface area (Å²) in [5, 5.41) is 5.06. The zero-order valence-electron chi connectivity index (χ0n) is 12.9. The van der Waals surface area contributed by atoms with Crippen LogP contribution in [0.3, 0.4) is 0 Å². The van der Waals surface area contributed by atoms with Crippen LogP contribution in [-0.4, -0.2) is 22.2 Å². The summed E-state index contributed by atoms with van der Waals surface area (Å²) in [7, 11) is 1.42. The van der Waals surface area contributed by atoms with Gasteiger partial charge in [0, 0.05) is 22.7 Å². The van der Waals surface area contributed by atoms with Crippen molar-refractivity contribution < 1.29 is 13.7 Å². The Morgan fingerprint density at radius 1 is 1.21 bits per heavy atom. The summed E-state index contributed by atoms with van der Waals surface area (Å²) in [5.74, 6) is 0.552. The first-order valence-corrected chi connectivity index (χ1v) is 7.46. The van der Waals surface area contributed by atoms with E-state index in [1.807, 2.05) is 30.5 Å². The quantitative estimate of drug-likeness (QED) is 0.617. The highest BCUT2D eigenvalue weighted by atomic mass is 19.1. The van der Waals surface area contributed by atoms with E-state index in [0.717, 1.165) is 16.5 Å². The molecule has 0 bridgehead atoms. The Labute approximate surface area is 137 Å². The van der Waals surface area contributed by atoms with Crippen LogP contribution in [0.15, 0.2) is 53.2 Å². The standard InChI is InChI=1S/C18H14FN3O2/c1-23-16-7-6-11(8-14(16)19)18-21-17(24-22-18)9-12-10-20-15-5-3-2-4-13(12)15/h2-8,10,20H,9H2,1H3. The van der Waals surface area contributed by atoms with Crippen molar-refractivity contribution in [1.29, 1.82) is 0 Å². The maximum absolute atomic E-state index is 13.8. The average Bonchev–Trinajstić information content (AvgIpc) is 3.23. The summed E-state index contributed by atoms with van der Waals surface area (Å²) in [4.78, 5) is 7.57. The van der Waals surface area contributed by atoms with Crippen LogP contribution in [-0.2, 0) is 6.42 Å². The molecule has 0 aliphatic rings. The summed E-state index contributed by atoms with van der Waals surface area (Å²) in [6.07, 6.45) is 2.44. The molecule has 2 aromatic carbocycles. The van der Waals surface area contributed by atoms with E-state index in [2.05, 4.69) is 15.1 Å². The fourth-order valence-corrected chi connectivity index (χ4v) is 2.69. The first-order chi connectivity index (χ1) is 11.7. The van der Waals surface area contributed by atoms with Crippen molar-refractivity contribution in [3.63, 3.8) is 0 Å². The van der Waals surface area contributed by atoms with Gasteiger partial charge in [-0.3, -0.25) is 0 Å². The molecule has 0 saturated heterocycles. The molecule has 0 radical (unpaired) electrons. The van der Waals surface area contributed by atoms with Gasteiger partial charge in [-0.1, -0.05) is 23.4 Å². The maximum Gasteiger partial charge on any atom is 0.231 e. The third kappa shape index (κ3) is 2.52. The van der Waals surface area contributed by atoms with Crippen molar-refractivity contribution in [2.75, 3.05) is 7.11 Å². The van der Waals surface area contributed by atoms with E-state index in [4.69, 9.17) is 9.26 Å². The minimum Gasteiger partial charge on any atom is -0.494 e. The minimum absolute atomic E-state index is 0.182. The zero-order chi connectivity index (χ0) is 16.5. The van der Waals surface area contributed by atoms with E-state index in [1.165, 1.54) is 13.2 Å². The second kappa shape index (κ2) is 5.81. The van der Waals surface area contributed by atoms with Gasteiger partial charge in [-0.2, -0.15) is 4.98 Å². The van der Waals surface area contributed by atoms with Gasteiger partial charge in [0.25, 0.3) is 0 Å². The van der Waals surface area contributed by atoms with Crippen LogP contribution in [0.5, 0.6) is 5.75 Å². The molecule has 4 aromatic rings. The highest BCUT2D eigenvalue weighted by molar-refractivity contribution is 5.83. The van der Waals surface area contributed by atoms with Crippen molar-refractivity contribution in [1.82, 2.24) is 15.1 Å². The van der Waals surface area contributed by atoms with Gasteiger partial charge < -0.3 is 14.2 Å². The molecule has 2 aromatic heterocycles. The van der Waals surface area contributed by atoms with Crippen LogP contribution in [0.2, 0.25) is 0 Å². The first kappa shape index (κ1) is 14.4. The molecule has 0 fully saturated rings. The number of aromatic amines is 1. The summed E-state index contributed by atoms with van der Waals surface area (Å²) < 4.78 is 24.0. The number of ether oxygens (including phenoxy) is 1. The molecule has 0 unspecified atom stereocenters. The van der Waals surface area contributed by atoms with E-state index in [9.17, 15) is 4.39 Å². The van der Waals surface area contributed by atoms with Gasteiger partial charge in [0.05, 0.1) is 13.5 Å². The Hall–Kier alpha value is -3.15. The molecule has 4 rings (SSSR count). The molecule has 0 atom stereocenters. The minimum atomic E-state index is -0.460. The van der Waals surface area contributed by atoms with Crippen LogP contribution in [0.4, 0.5) is 4.39 Å². The largest absolute Gasteiger partial charge is 0.494 e. The summed E-state index contributed by atoms with van der Waals surface area (Å²) in [6, 6.07) is 12.6. The number of halogens is 1. The molecule has 5 nitrogen and oxygen atoms in total. The lowest BCUT2D eigenvalue weighted by Gasteiger charge is -2.01. The highest BCUT2D eigenvalue weighted by Gasteiger charge is 2.13. The van der Waals surface area contributed by atoms with Crippen molar-refractivity contribution in [2.24, 2.45) is 0 Å². The van der Waals surface area contributed by atoms with Gasteiger partial charge >= 0.3 is 0 Å². The van der Waals surface area contributed by atoms with Crippen molar-refractivity contribution in [3.05, 3.63) is 65.9 Å². The highest BCUT2D eigenvalue weighted by Crippen LogP contribution is 2.25. The number of hydrogen-bond acceptors (Lipinski definition) is 4. The molecule has 6 heteroatoms. The van der Waals surface area contributed by atoms with Gasteiger partial charge in [-0.25, -0.2) is 4.39 Å². The topological polar surface area (TPSA) is 63.9 Å². The third-order valence-electron chi connectivity index (χ3n) is 3.89. The molecule has 0 spiro atoms. The van der Waals surface area contributed by atoms with Gasteiger partial charge in [0.1, 0.15) is 0 Å². The lowest BCUT2D eigenvalue weighted by molar-refractivity contribution is 0.384. The van der Waals surface area contributed by atoms with Gasteiger partial charge in [-0.05, 0) is 29.8 Å². The number of aromatic nitrogens is 3. The lowest BCUT2D eigenvalue weighted by Crippen LogP contribution is -1.90. The van der Waals surface area contributed by atoms with Gasteiger partial charge in [0.15, 0.2) is 11.6 Å². The number of fused-ring (bicyclic) bond motifs is 1. The Bertz CT molecular complexity index is 1010. The molecular weight excluding hydrogens is 309 g/mol. The summed E-state index contributed by atoms with van der Waals surface area (Å²) >= 11 is 0. The van der Waals surface area contributed by atoms with Crippen molar-refractivity contribution in [3.8, 4) is 17.1 Å². The van der Waals surface area contributed by atoms with E-state index in [1.54, 1.807) is 12.1 Å². The van der Waals surface area contributed by atoms with Crippen LogP contribution in [0.25, 0.3) is 22.3 Å². The second-order valence-corrected chi connectivity index (χ2v) is 5.40. The van der Waals surface area contributed by atoms with Crippen LogP contribution in [0, 0.1) is 5.82 Å². The zero-order valence-corrected chi connectivity index (χ0v) is 12.9. The van der Waals surface area contributed by atoms with Crippen LogP contribution >= 0.6 is 0 Å². The summed E-state index contributed by atoms with van der Waals surface area (Å²) in [6.45, 7) is 0. The molecule has 120 valence electrons. The number of rotatable bonds is 4. The van der Waals surface area contributed by atoms with E-state index in [-0.39, 0.29) is 5.75 Å². The van der Waals surface area contributed by atoms with Crippen molar-refractivity contribution >= 4 is 10.9 Å². The van der Waals surface area contributed by atoms with E-state index in [0.29, 0.717) is 23.7 Å². The molecular formula is C18H14FN3O2. The molecule has 0 saturated carbocycles. The number of H-pyrrole nitrogens is 1. The predicted octanol–water partition coefficient (Wildman–Crippen LogP) is 3.96. The first-order valence-electron chi connectivity index (χ1n) is 7.46. The number of nitrogens with zero attached hydrogens (tertiary/aromatic N) is 2. The van der Waals surface area contributed by atoms with Crippen molar-refractivity contribution in [2.45, 2.75) is 6.42 Å². The second-order valence-electron chi connectivity index (χ2n) is 5.40. The third-order valence-corrected chi connectivity index (χ3v) is 3.89. The predicted molar refractivity (Wildman–Crippen MR) is 87.3 cm³/mol. The summed E-state index contributed by atoms with van der Waals surface area (Å²) in [5.41, 5.74) is 2.67. The molecule has 1 N–H and O–H groups in total. The Morgan fingerprint density at radius 3 is 2.92 bits per heavy atom. The smallest absolute Gasteiger partial charge is 0.231 e. The monoisotopic (exact) mass is 323 g/mol. The Morgan fingerprint density at radius 2 is 2.08 bits per heavy atom. The Kier molecular flexibility index (Phi) is 3.49. The van der Waals surface area contributed by atoms with E-state index >= 15 is 0 Å².